The van der Waals surface area contributed by atoms with Gasteiger partial charge in [-0.25, -0.2) is 19.3 Å². The maximum Gasteiger partial charge on any atom is 0.410 e. The van der Waals surface area contributed by atoms with E-state index in [1.807, 2.05) is 38.2 Å². The maximum absolute atomic E-state index is 12.5. The lowest BCUT2D eigenvalue weighted by Gasteiger charge is -2.36. The summed E-state index contributed by atoms with van der Waals surface area (Å²) in [4.78, 5) is 25.5. The highest BCUT2D eigenvalue weighted by molar-refractivity contribution is 5.80. The summed E-state index contributed by atoms with van der Waals surface area (Å²) >= 11 is 0. The van der Waals surface area contributed by atoms with Crippen LogP contribution in [0.2, 0.25) is 0 Å². The number of aromatic nitrogens is 4. The van der Waals surface area contributed by atoms with Gasteiger partial charge in [0, 0.05) is 51.2 Å². The molecule has 1 fully saturated rings. The third-order valence-corrected chi connectivity index (χ3v) is 5.33. The van der Waals surface area contributed by atoms with Crippen molar-refractivity contribution in [1.82, 2.24) is 24.5 Å². The average Bonchev–Trinajstić information content (AvgIpc) is 3.22. The van der Waals surface area contributed by atoms with E-state index in [4.69, 9.17) is 19.2 Å². The van der Waals surface area contributed by atoms with E-state index >= 15 is 0 Å². The monoisotopic (exact) mass is 440 g/mol. The number of amides is 1. The minimum atomic E-state index is -0.665. The fraction of sp³-hybridized carbons (Fsp3) is 0.455. The second-order valence-electron chi connectivity index (χ2n) is 8.21. The van der Waals surface area contributed by atoms with Crippen molar-refractivity contribution in [3.63, 3.8) is 0 Å². The molecule has 1 aliphatic heterocycles. The molecule has 0 N–H and O–H groups in total. The molecule has 10 nitrogen and oxygen atoms in total. The smallest absolute Gasteiger partial charge is 0.410 e. The predicted octanol–water partition coefficient (Wildman–Crippen LogP) is 2.48. The standard InChI is InChI=1S/C22H28N6O4/c1-22(2,15-30-3)32-21(29)27-12-10-26(11-13-27)18-7-9-28-19(25-18)17(14-24-28)16-6-5-8-23-20(16)31-4/h5-9,14H,10-13,15H2,1-4H3. The van der Waals surface area contributed by atoms with Gasteiger partial charge in [0.15, 0.2) is 5.65 Å². The van der Waals surface area contributed by atoms with Crippen molar-refractivity contribution in [2.24, 2.45) is 0 Å². The van der Waals surface area contributed by atoms with Gasteiger partial charge in [-0.05, 0) is 32.0 Å². The van der Waals surface area contributed by atoms with Gasteiger partial charge in [-0.1, -0.05) is 0 Å². The van der Waals surface area contributed by atoms with Crippen molar-refractivity contribution in [2.45, 2.75) is 19.4 Å². The summed E-state index contributed by atoms with van der Waals surface area (Å²) < 4.78 is 17.9. The molecule has 170 valence electrons. The Kier molecular flexibility index (Phi) is 6.13. The maximum atomic E-state index is 12.5. The largest absolute Gasteiger partial charge is 0.481 e. The average molecular weight is 441 g/mol. The Morgan fingerprint density at radius 3 is 2.62 bits per heavy atom. The summed E-state index contributed by atoms with van der Waals surface area (Å²) in [5, 5.41) is 4.41. The van der Waals surface area contributed by atoms with E-state index in [1.54, 1.807) is 36.0 Å². The molecule has 0 spiro atoms. The number of fused-ring (bicyclic) bond motifs is 1. The second-order valence-corrected chi connectivity index (χ2v) is 8.21. The lowest BCUT2D eigenvalue weighted by molar-refractivity contribution is -0.0332. The van der Waals surface area contributed by atoms with Gasteiger partial charge in [0.25, 0.3) is 0 Å². The molecule has 32 heavy (non-hydrogen) atoms. The van der Waals surface area contributed by atoms with Crippen LogP contribution in [0.4, 0.5) is 10.6 Å². The molecule has 4 heterocycles. The molecule has 1 amide bonds. The number of hydrogen-bond acceptors (Lipinski definition) is 8. The topological polar surface area (TPSA) is 94.3 Å². The fourth-order valence-corrected chi connectivity index (χ4v) is 3.78. The van der Waals surface area contributed by atoms with E-state index in [0.717, 1.165) is 22.6 Å². The summed E-state index contributed by atoms with van der Waals surface area (Å²) in [5.41, 5.74) is 1.73. The van der Waals surface area contributed by atoms with Crippen molar-refractivity contribution in [3.05, 3.63) is 36.8 Å². The Balaban J connectivity index is 1.49. The van der Waals surface area contributed by atoms with Crippen LogP contribution in [-0.4, -0.2) is 83.2 Å². The zero-order valence-electron chi connectivity index (χ0n) is 18.8. The first kappa shape index (κ1) is 21.8. The number of anilines is 1. The number of methoxy groups -OCH3 is 2. The highest BCUT2D eigenvalue weighted by atomic mass is 16.6. The van der Waals surface area contributed by atoms with Crippen LogP contribution in [0.15, 0.2) is 36.8 Å². The first-order chi connectivity index (χ1) is 15.4. The Morgan fingerprint density at radius 1 is 1.12 bits per heavy atom. The molecule has 0 saturated carbocycles. The molecule has 0 radical (unpaired) electrons. The molecular formula is C22H28N6O4. The number of pyridine rings is 1. The SMILES string of the molecule is COCC(C)(C)OC(=O)N1CCN(c2ccn3ncc(-c4cccnc4OC)c3n2)CC1. The number of nitrogens with zero attached hydrogens (tertiary/aromatic N) is 6. The van der Waals surface area contributed by atoms with E-state index in [-0.39, 0.29) is 6.09 Å². The van der Waals surface area contributed by atoms with E-state index in [1.165, 1.54) is 0 Å². The zero-order chi connectivity index (χ0) is 22.7. The van der Waals surface area contributed by atoms with E-state index < -0.39 is 5.60 Å². The second kappa shape index (κ2) is 8.99. The van der Waals surface area contributed by atoms with Gasteiger partial charge in [0.2, 0.25) is 5.88 Å². The molecule has 0 aliphatic carbocycles. The van der Waals surface area contributed by atoms with Gasteiger partial charge < -0.3 is 24.0 Å². The van der Waals surface area contributed by atoms with Crippen molar-refractivity contribution < 1.29 is 19.0 Å². The highest BCUT2D eigenvalue weighted by Gasteiger charge is 2.29. The number of piperazine rings is 1. The number of ether oxygens (including phenoxy) is 3. The Bertz CT molecular complexity index is 1090. The Morgan fingerprint density at radius 2 is 1.91 bits per heavy atom. The van der Waals surface area contributed by atoms with Gasteiger partial charge in [-0.2, -0.15) is 5.10 Å². The molecule has 0 atom stereocenters. The zero-order valence-corrected chi connectivity index (χ0v) is 18.8. The normalized spacial score (nSPS) is 14.6. The van der Waals surface area contributed by atoms with Gasteiger partial charge in [-0.3, -0.25) is 0 Å². The predicted molar refractivity (Wildman–Crippen MR) is 119 cm³/mol. The molecule has 3 aromatic rings. The molecule has 0 unspecified atom stereocenters. The van der Waals surface area contributed by atoms with Crippen molar-refractivity contribution in [2.75, 3.05) is 51.9 Å². The van der Waals surface area contributed by atoms with E-state index in [0.29, 0.717) is 38.7 Å². The van der Waals surface area contributed by atoms with E-state index in [2.05, 4.69) is 15.0 Å². The van der Waals surface area contributed by atoms with Crippen molar-refractivity contribution in [3.8, 4) is 17.0 Å². The first-order valence-electron chi connectivity index (χ1n) is 10.5. The molecular weight excluding hydrogens is 412 g/mol. The third-order valence-electron chi connectivity index (χ3n) is 5.33. The third kappa shape index (κ3) is 4.45. The van der Waals surface area contributed by atoms with Crippen LogP contribution >= 0.6 is 0 Å². The van der Waals surface area contributed by atoms with Crippen LogP contribution in [0.5, 0.6) is 5.88 Å². The summed E-state index contributed by atoms with van der Waals surface area (Å²) in [6.07, 6.45) is 5.02. The molecule has 4 rings (SSSR count). The lowest BCUT2D eigenvalue weighted by atomic mass is 10.1. The van der Waals surface area contributed by atoms with Crippen molar-refractivity contribution >= 4 is 17.6 Å². The highest BCUT2D eigenvalue weighted by Crippen LogP contribution is 2.31. The van der Waals surface area contributed by atoms with Crippen molar-refractivity contribution in [1.29, 1.82) is 0 Å². The minimum absolute atomic E-state index is 0.322. The quantitative estimate of drug-likeness (QED) is 0.577. The van der Waals surface area contributed by atoms with Crippen LogP contribution < -0.4 is 9.64 Å². The number of carbonyl (C=O) groups is 1. The van der Waals surface area contributed by atoms with Crippen LogP contribution in [0.25, 0.3) is 16.8 Å². The number of carbonyl (C=O) groups excluding carboxylic acids is 1. The number of hydrogen-bond donors (Lipinski definition) is 0. The molecule has 1 saturated heterocycles. The van der Waals surface area contributed by atoms with Gasteiger partial charge in [0.05, 0.1) is 25.5 Å². The molecule has 3 aromatic heterocycles. The van der Waals surface area contributed by atoms with Gasteiger partial charge in [-0.15, -0.1) is 0 Å². The molecule has 0 bridgehead atoms. The summed E-state index contributed by atoms with van der Waals surface area (Å²) in [5.74, 6) is 1.35. The summed E-state index contributed by atoms with van der Waals surface area (Å²) in [7, 11) is 3.19. The van der Waals surface area contributed by atoms with Gasteiger partial charge >= 0.3 is 6.09 Å². The van der Waals surface area contributed by atoms with Crippen LogP contribution in [0, 0.1) is 0 Å². The van der Waals surface area contributed by atoms with E-state index in [9.17, 15) is 4.79 Å². The Hall–Kier alpha value is -3.40. The first-order valence-corrected chi connectivity index (χ1v) is 10.5. The molecule has 0 aromatic carbocycles. The summed E-state index contributed by atoms with van der Waals surface area (Å²) in [6, 6.07) is 5.73. The lowest BCUT2D eigenvalue weighted by Crippen LogP contribution is -2.51. The Labute approximate surface area is 186 Å². The fourth-order valence-electron chi connectivity index (χ4n) is 3.78. The van der Waals surface area contributed by atoms with Crippen LogP contribution in [0.3, 0.4) is 0 Å². The molecule has 1 aliphatic rings. The minimum Gasteiger partial charge on any atom is -0.481 e. The van der Waals surface area contributed by atoms with Gasteiger partial charge in [0.1, 0.15) is 11.4 Å². The van der Waals surface area contributed by atoms with Crippen LogP contribution in [-0.2, 0) is 9.47 Å². The molecule has 10 heteroatoms. The summed E-state index contributed by atoms with van der Waals surface area (Å²) in [6.45, 7) is 6.44. The van der Waals surface area contributed by atoms with Crippen LogP contribution in [0.1, 0.15) is 13.8 Å². The number of rotatable bonds is 6.